The number of nitro benzene ring substituents is 1. The summed E-state index contributed by atoms with van der Waals surface area (Å²) in [6.07, 6.45) is 0.268. The zero-order valence-electron chi connectivity index (χ0n) is 10.1. The van der Waals surface area contributed by atoms with Crippen LogP contribution in [0.4, 0.5) is 10.1 Å². The first-order valence-corrected chi connectivity index (χ1v) is 5.31. The highest BCUT2D eigenvalue weighted by atomic mass is 19.1. The first kappa shape index (κ1) is 14.8. The molecule has 7 nitrogen and oxygen atoms in total. The van der Waals surface area contributed by atoms with Crippen LogP contribution in [0.2, 0.25) is 0 Å². The van der Waals surface area contributed by atoms with Crippen molar-refractivity contribution in [3.8, 4) is 5.75 Å². The summed E-state index contributed by atoms with van der Waals surface area (Å²) in [6, 6.07) is 1.51. The van der Waals surface area contributed by atoms with Gasteiger partial charge in [-0.25, -0.2) is 9.18 Å². The van der Waals surface area contributed by atoms with Gasteiger partial charge in [-0.1, -0.05) is 0 Å². The summed E-state index contributed by atoms with van der Waals surface area (Å²) in [6.45, 7) is -0.121. The van der Waals surface area contributed by atoms with E-state index in [9.17, 15) is 19.3 Å². The molecule has 0 bridgehead atoms. The number of halogens is 1. The highest BCUT2D eigenvalue weighted by Gasteiger charge is 2.24. The summed E-state index contributed by atoms with van der Waals surface area (Å²) >= 11 is 0. The lowest BCUT2D eigenvalue weighted by atomic mass is 10.1. The summed E-state index contributed by atoms with van der Waals surface area (Å²) in [4.78, 5) is 21.2. The fourth-order valence-electron chi connectivity index (χ4n) is 1.32. The van der Waals surface area contributed by atoms with Crippen LogP contribution in [0.3, 0.4) is 0 Å². The third-order valence-electron chi connectivity index (χ3n) is 2.21. The minimum absolute atomic E-state index is 0.0197. The van der Waals surface area contributed by atoms with Crippen molar-refractivity contribution in [2.75, 3.05) is 20.3 Å². The lowest BCUT2D eigenvalue weighted by Gasteiger charge is -2.08. The van der Waals surface area contributed by atoms with Crippen molar-refractivity contribution in [2.45, 2.75) is 6.42 Å². The van der Waals surface area contributed by atoms with E-state index in [-0.39, 0.29) is 25.4 Å². The minimum Gasteiger partial charge on any atom is -0.490 e. The van der Waals surface area contributed by atoms with Crippen molar-refractivity contribution in [1.82, 2.24) is 0 Å². The van der Waals surface area contributed by atoms with Crippen molar-refractivity contribution in [2.24, 2.45) is 0 Å². The molecule has 8 heteroatoms. The number of carbonyl (C=O) groups excluding carboxylic acids is 1. The lowest BCUT2D eigenvalue weighted by molar-refractivity contribution is -0.385. The number of hydrogen-bond donors (Lipinski definition) is 1. The predicted molar refractivity (Wildman–Crippen MR) is 61.6 cm³/mol. The molecule has 0 radical (unpaired) electrons. The summed E-state index contributed by atoms with van der Waals surface area (Å²) in [5, 5.41) is 19.3. The molecular weight excluding hydrogens is 261 g/mol. The van der Waals surface area contributed by atoms with Crippen molar-refractivity contribution in [3.05, 3.63) is 33.6 Å². The van der Waals surface area contributed by atoms with Gasteiger partial charge in [-0.05, 0) is 0 Å². The van der Waals surface area contributed by atoms with Crippen LogP contribution in [0.5, 0.6) is 5.75 Å². The van der Waals surface area contributed by atoms with E-state index < -0.39 is 28.0 Å². The Balaban J connectivity index is 3.14. The molecule has 1 N–H and O–H groups in total. The molecule has 0 aliphatic rings. The average Bonchev–Trinajstić information content (AvgIpc) is 2.39. The van der Waals surface area contributed by atoms with Crippen LogP contribution < -0.4 is 4.74 Å². The summed E-state index contributed by atoms with van der Waals surface area (Å²) in [7, 11) is 1.06. The normalized spacial score (nSPS) is 10.1. The number of aliphatic hydroxyl groups excluding tert-OH is 1. The number of carbonyl (C=O) groups is 1. The maximum atomic E-state index is 13.5. The fourth-order valence-corrected chi connectivity index (χ4v) is 1.32. The number of benzene rings is 1. The van der Waals surface area contributed by atoms with Crippen molar-refractivity contribution in [3.63, 3.8) is 0 Å². The Labute approximate surface area is 107 Å². The first-order chi connectivity index (χ1) is 9.01. The van der Waals surface area contributed by atoms with Gasteiger partial charge in [0, 0.05) is 19.1 Å². The smallest absolute Gasteiger partial charge is 0.345 e. The van der Waals surface area contributed by atoms with Crippen molar-refractivity contribution < 1.29 is 28.7 Å². The molecule has 0 atom stereocenters. The Hall–Kier alpha value is -2.22. The summed E-state index contributed by atoms with van der Waals surface area (Å²) < 4.78 is 22.9. The SMILES string of the molecule is COC(=O)c1cc(OCCCO)c(F)cc1[N+](=O)[O-]. The average molecular weight is 273 g/mol. The third-order valence-corrected chi connectivity index (χ3v) is 2.21. The second-order valence-electron chi connectivity index (χ2n) is 3.47. The van der Waals surface area contributed by atoms with Crippen LogP contribution in [0.15, 0.2) is 12.1 Å². The molecular formula is C11H12FNO6. The number of nitro groups is 1. The fraction of sp³-hybridized carbons (Fsp3) is 0.364. The van der Waals surface area contributed by atoms with E-state index in [1.807, 2.05) is 0 Å². The molecule has 0 saturated carbocycles. The van der Waals surface area contributed by atoms with Gasteiger partial charge >= 0.3 is 5.97 Å². The van der Waals surface area contributed by atoms with Crippen LogP contribution >= 0.6 is 0 Å². The van der Waals surface area contributed by atoms with E-state index in [2.05, 4.69) is 4.74 Å². The van der Waals surface area contributed by atoms with Crippen LogP contribution in [0, 0.1) is 15.9 Å². The second kappa shape index (κ2) is 6.64. The number of nitrogens with zero attached hydrogens (tertiary/aromatic N) is 1. The molecule has 0 aromatic heterocycles. The molecule has 0 spiro atoms. The van der Waals surface area contributed by atoms with E-state index in [1.165, 1.54) is 0 Å². The zero-order valence-corrected chi connectivity index (χ0v) is 10.1. The maximum absolute atomic E-state index is 13.5. The van der Waals surface area contributed by atoms with E-state index in [0.717, 1.165) is 13.2 Å². The van der Waals surface area contributed by atoms with Gasteiger partial charge in [0.2, 0.25) is 0 Å². The maximum Gasteiger partial charge on any atom is 0.345 e. The Kier molecular flexibility index (Phi) is 5.19. The second-order valence-corrected chi connectivity index (χ2v) is 3.47. The number of ether oxygens (including phenoxy) is 2. The van der Waals surface area contributed by atoms with E-state index in [4.69, 9.17) is 9.84 Å². The highest BCUT2D eigenvalue weighted by Crippen LogP contribution is 2.28. The van der Waals surface area contributed by atoms with Gasteiger partial charge in [0.15, 0.2) is 11.6 Å². The first-order valence-electron chi connectivity index (χ1n) is 5.31. The summed E-state index contributed by atoms with van der Waals surface area (Å²) in [5.41, 5.74) is -1.09. The standard InChI is InChI=1S/C11H12FNO6/c1-18-11(15)7-5-10(19-4-2-3-14)8(12)6-9(7)13(16)17/h5-6,14H,2-4H2,1H3. The van der Waals surface area contributed by atoms with E-state index in [1.54, 1.807) is 0 Å². The quantitative estimate of drug-likeness (QED) is 0.363. The Morgan fingerprint density at radius 3 is 2.74 bits per heavy atom. The monoisotopic (exact) mass is 273 g/mol. The number of aliphatic hydroxyl groups is 1. The molecule has 0 saturated heterocycles. The van der Waals surface area contributed by atoms with Gasteiger partial charge in [-0.3, -0.25) is 10.1 Å². The molecule has 1 aromatic rings. The molecule has 1 rings (SSSR count). The zero-order chi connectivity index (χ0) is 14.4. The number of methoxy groups -OCH3 is 1. The number of esters is 1. The minimum atomic E-state index is -0.961. The number of hydrogen-bond acceptors (Lipinski definition) is 6. The topological polar surface area (TPSA) is 98.9 Å². The van der Waals surface area contributed by atoms with Gasteiger partial charge in [0.05, 0.1) is 24.7 Å². The van der Waals surface area contributed by atoms with Gasteiger partial charge in [-0.2, -0.15) is 0 Å². The van der Waals surface area contributed by atoms with Crippen molar-refractivity contribution in [1.29, 1.82) is 0 Å². The van der Waals surface area contributed by atoms with Crippen LogP contribution in [-0.2, 0) is 4.74 Å². The molecule has 19 heavy (non-hydrogen) atoms. The molecule has 104 valence electrons. The predicted octanol–water partition coefficient (Wildman–Crippen LogP) is 1.28. The Morgan fingerprint density at radius 2 is 2.21 bits per heavy atom. The van der Waals surface area contributed by atoms with Gasteiger partial charge in [-0.15, -0.1) is 0 Å². The van der Waals surface area contributed by atoms with E-state index >= 15 is 0 Å². The molecule has 0 unspecified atom stereocenters. The van der Waals surface area contributed by atoms with Gasteiger partial charge in [0.1, 0.15) is 5.56 Å². The molecule has 0 aliphatic heterocycles. The third kappa shape index (κ3) is 3.62. The molecule has 0 aliphatic carbocycles. The molecule has 0 amide bonds. The number of rotatable bonds is 6. The lowest BCUT2D eigenvalue weighted by Crippen LogP contribution is -2.08. The van der Waals surface area contributed by atoms with Gasteiger partial charge < -0.3 is 14.6 Å². The van der Waals surface area contributed by atoms with Crippen LogP contribution in [0.1, 0.15) is 16.8 Å². The van der Waals surface area contributed by atoms with Crippen molar-refractivity contribution >= 4 is 11.7 Å². The summed E-state index contributed by atoms with van der Waals surface area (Å²) in [5.74, 6) is -2.23. The van der Waals surface area contributed by atoms with Crippen LogP contribution in [0.25, 0.3) is 0 Å². The van der Waals surface area contributed by atoms with Gasteiger partial charge in [0.25, 0.3) is 5.69 Å². The molecule has 0 heterocycles. The van der Waals surface area contributed by atoms with Crippen LogP contribution in [-0.4, -0.2) is 36.3 Å². The molecule has 1 aromatic carbocycles. The Bertz CT molecular complexity index is 490. The molecule has 0 fully saturated rings. The largest absolute Gasteiger partial charge is 0.490 e. The van der Waals surface area contributed by atoms with E-state index in [0.29, 0.717) is 6.07 Å². The Morgan fingerprint density at radius 1 is 1.53 bits per heavy atom. The highest BCUT2D eigenvalue weighted by molar-refractivity contribution is 5.94.